The third-order valence-electron chi connectivity index (χ3n) is 8.27. The van der Waals surface area contributed by atoms with E-state index in [1.807, 2.05) is 6.92 Å². The molecule has 2 atom stereocenters. The highest BCUT2D eigenvalue weighted by Crippen LogP contribution is 2.50. The normalized spacial score (nSPS) is 28.0. The summed E-state index contributed by atoms with van der Waals surface area (Å²) in [6.45, 7) is 8.69. The van der Waals surface area contributed by atoms with Crippen molar-refractivity contribution in [1.29, 1.82) is 0 Å². The summed E-state index contributed by atoms with van der Waals surface area (Å²) >= 11 is 0. The molecule has 1 spiro atoms. The first-order valence-electron chi connectivity index (χ1n) is 12.7. The van der Waals surface area contributed by atoms with Gasteiger partial charge in [0.15, 0.2) is 5.72 Å². The van der Waals surface area contributed by atoms with Gasteiger partial charge in [-0.3, -0.25) is 9.80 Å². The van der Waals surface area contributed by atoms with Gasteiger partial charge in [0.25, 0.3) is 0 Å². The van der Waals surface area contributed by atoms with Crippen molar-refractivity contribution in [3.05, 3.63) is 29.0 Å². The standard InChI is InChI=1S/C26H35N3O4/c1-18-23(25(30)32-16-13-28-11-14-31-15-12-28)24-20-17-19-5-4-10-29-9-3-2-8-26(19,29)33-22(20)7-6-21(24)27-18/h6-7,19,27H,2-5,8-17H2,1H3. The maximum Gasteiger partial charge on any atom is 0.340 e. The van der Waals surface area contributed by atoms with E-state index in [1.165, 1.54) is 31.2 Å². The lowest BCUT2D eigenvalue weighted by molar-refractivity contribution is -0.177. The molecule has 6 rings (SSSR count). The third kappa shape index (κ3) is 3.65. The van der Waals surface area contributed by atoms with Crippen LogP contribution in [0.3, 0.4) is 0 Å². The molecule has 1 aromatic carbocycles. The van der Waals surface area contributed by atoms with Crippen molar-refractivity contribution in [2.45, 2.75) is 51.2 Å². The van der Waals surface area contributed by atoms with E-state index in [9.17, 15) is 4.79 Å². The number of carbonyl (C=O) groups excluding carboxylic acids is 1. The summed E-state index contributed by atoms with van der Waals surface area (Å²) in [5.74, 6) is 1.20. The minimum absolute atomic E-state index is 0.151. The molecule has 4 aliphatic rings. The van der Waals surface area contributed by atoms with E-state index < -0.39 is 0 Å². The maximum absolute atomic E-state index is 13.2. The highest BCUT2D eigenvalue weighted by molar-refractivity contribution is 6.07. The molecule has 0 aliphatic carbocycles. The number of morpholine rings is 1. The molecule has 5 heterocycles. The monoisotopic (exact) mass is 453 g/mol. The van der Waals surface area contributed by atoms with Crippen molar-refractivity contribution in [2.24, 2.45) is 5.92 Å². The van der Waals surface area contributed by atoms with E-state index >= 15 is 0 Å². The fraction of sp³-hybridized carbons (Fsp3) is 0.654. The van der Waals surface area contributed by atoms with Crippen LogP contribution in [0.15, 0.2) is 12.1 Å². The van der Waals surface area contributed by atoms with Gasteiger partial charge in [-0.1, -0.05) is 0 Å². The molecule has 1 aromatic heterocycles. The van der Waals surface area contributed by atoms with Crippen molar-refractivity contribution < 1.29 is 19.0 Å². The van der Waals surface area contributed by atoms with Gasteiger partial charge in [-0.2, -0.15) is 0 Å². The van der Waals surface area contributed by atoms with Gasteiger partial charge in [0.2, 0.25) is 0 Å². The summed E-state index contributed by atoms with van der Waals surface area (Å²) in [6, 6.07) is 4.17. The Hall–Kier alpha value is -2.09. The van der Waals surface area contributed by atoms with Crippen LogP contribution >= 0.6 is 0 Å². The minimum atomic E-state index is -0.233. The number of fused-ring (bicyclic) bond motifs is 3. The second kappa shape index (κ2) is 8.60. The van der Waals surface area contributed by atoms with Crippen LogP contribution in [0.25, 0.3) is 10.9 Å². The maximum atomic E-state index is 13.2. The summed E-state index contributed by atoms with van der Waals surface area (Å²) < 4.78 is 18.1. The number of carbonyl (C=O) groups is 1. The lowest BCUT2D eigenvalue weighted by atomic mass is 9.74. The van der Waals surface area contributed by atoms with Crippen LogP contribution in [0.2, 0.25) is 0 Å². The van der Waals surface area contributed by atoms with Crippen molar-refractivity contribution >= 4 is 16.9 Å². The van der Waals surface area contributed by atoms with Crippen LogP contribution in [0.5, 0.6) is 5.75 Å². The number of hydrogen-bond acceptors (Lipinski definition) is 6. The quantitative estimate of drug-likeness (QED) is 0.715. The number of ether oxygens (including phenoxy) is 3. The Morgan fingerprint density at radius 3 is 2.91 bits per heavy atom. The second-order valence-corrected chi connectivity index (χ2v) is 10.1. The highest BCUT2D eigenvalue weighted by atomic mass is 16.5. The molecule has 2 unspecified atom stereocenters. The lowest BCUT2D eigenvalue weighted by Gasteiger charge is -2.56. The number of aryl methyl sites for hydroxylation is 1. The molecule has 1 N–H and O–H groups in total. The van der Waals surface area contributed by atoms with Crippen LogP contribution < -0.4 is 4.74 Å². The number of nitrogens with zero attached hydrogens (tertiary/aromatic N) is 2. The Kier molecular flexibility index (Phi) is 5.59. The zero-order valence-electron chi connectivity index (χ0n) is 19.7. The van der Waals surface area contributed by atoms with Gasteiger partial charge in [0.05, 0.1) is 18.8 Å². The predicted molar refractivity (Wildman–Crippen MR) is 126 cm³/mol. The summed E-state index contributed by atoms with van der Waals surface area (Å²) in [7, 11) is 0. The third-order valence-corrected chi connectivity index (χ3v) is 8.27. The van der Waals surface area contributed by atoms with Gasteiger partial charge in [-0.15, -0.1) is 0 Å². The fourth-order valence-electron chi connectivity index (χ4n) is 6.63. The molecule has 0 radical (unpaired) electrons. The number of hydrogen-bond donors (Lipinski definition) is 1. The number of piperidine rings is 2. The van der Waals surface area contributed by atoms with Crippen LogP contribution in [-0.4, -0.2) is 79.0 Å². The molecule has 178 valence electrons. The van der Waals surface area contributed by atoms with Gasteiger partial charge in [-0.05, 0) is 51.2 Å². The number of rotatable bonds is 4. The Morgan fingerprint density at radius 1 is 1.18 bits per heavy atom. The van der Waals surface area contributed by atoms with Crippen molar-refractivity contribution in [3.8, 4) is 5.75 Å². The van der Waals surface area contributed by atoms with Gasteiger partial charge in [-0.25, -0.2) is 4.79 Å². The van der Waals surface area contributed by atoms with Gasteiger partial charge in [0.1, 0.15) is 12.4 Å². The first-order chi connectivity index (χ1) is 16.2. The summed E-state index contributed by atoms with van der Waals surface area (Å²) in [6.07, 6.45) is 6.99. The van der Waals surface area contributed by atoms with E-state index in [-0.39, 0.29) is 11.7 Å². The molecule has 4 aliphatic heterocycles. The Morgan fingerprint density at radius 2 is 2.03 bits per heavy atom. The minimum Gasteiger partial charge on any atom is -0.472 e. The molecule has 0 saturated carbocycles. The summed E-state index contributed by atoms with van der Waals surface area (Å²) in [4.78, 5) is 21.6. The van der Waals surface area contributed by atoms with Gasteiger partial charge >= 0.3 is 5.97 Å². The fourth-order valence-corrected chi connectivity index (χ4v) is 6.63. The van der Waals surface area contributed by atoms with Crippen LogP contribution in [0, 0.1) is 12.8 Å². The van der Waals surface area contributed by atoms with Gasteiger partial charge < -0.3 is 19.2 Å². The lowest BCUT2D eigenvalue weighted by Crippen LogP contribution is -2.64. The average molecular weight is 454 g/mol. The van der Waals surface area contributed by atoms with E-state index in [0.29, 0.717) is 18.1 Å². The predicted octanol–water partition coefficient (Wildman–Crippen LogP) is 3.49. The number of esters is 1. The molecule has 7 nitrogen and oxygen atoms in total. The zero-order chi connectivity index (χ0) is 22.4. The SMILES string of the molecule is Cc1[nH]c2ccc3c(c2c1C(=O)OCCN1CCOCC1)CC1CCCN2CCCCC12O3. The Bertz CT molecular complexity index is 1040. The Balaban J connectivity index is 1.29. The summed E-state index contributed by atoms with van der Waals surface area (Å²) in [5, 5.41) is 1.00. The summed E-state index contributed by atoms with van der Waals surface area (Å²) in [5.41, 5.74) is 3.58. The number of H-pyrrole nitrogens is 1. The van der Waals surface area contributed by atoms with Crippen molar-refractivity contribution in [3.63, 3.8) is 0 Å². The molecule has 3 fully saturated rings. The average Bonchev–Trinajstić information content (AvgIpc) is 3.18. The largest absolute Gasteiger partial charge is 0.472 e. The van der Waals surface area contributed by atoms with E-state index in [2.05, 4.69) is 26.9 Å². The number of aromatic amines is 1. The Labute approximate surface area is 195 Å². The van der Waals surface area contributed by atoms with E-state index in [1.54, 1.807) is 0 Å². The molecule has 2 aromatic rings. The topological polar surface area (TPSA) is 67.0 Å². The molecule has 0 bridgehead atoms. The van der Waals surface area contributed by atoms with Gasteiger partial charge in [0, 0.05) is 67.2 Å². The van der Waals surface area contributed by atoms with Crippen molar-refractivity contribution in [2.75, 3.05) is 52.5 Å². The molecular weight excluding hydrogens is 418 g/mol. The first-order valence-corrected chi connectivity index (χ1v) is 12.7. The zero-order valence-corrected chi connectivity index (χ0v) is 19.7. The van der Waals surface area contributed by atoms with E-state index in [0.717, 1.165) is 81.1 Å². The highest BCUT2D eigenvalue weighted by Gasteiger charge is 2.52. The molecule has 3 saturated heterocycles. The second-order valence-electron chi connectivity index (χ2n) is 10.1. The van der Waals surface area contributed by atoms with Crippen LogP contribution in [0.1, 0.15) is 53.7 Å². The van der Waals surface area contributed by atoms with E-state index in [4.69, 9.17) is 14.2 Å². The molecule has 7 heteroatoms. The first kappa shape index (κ1) is 21.4. The molecular formula is C26H35N3O4. The van der Waals surface area contributed by atoms with Crippen LogP contribution in [0.4, 0.5) is 0 Å². The van der Waals surface area contributed by atoms with Crippen molar-refractivity contribution in [1.82, 2.24) is 14.8 Å². The number of aromatic nitrogens is 1. The number of benzene rings is 1. The van der Waals surface area contributed by atoms with Crippen LogP contribution in [-0.2, 0) is 15.9 Å². The number of nitrogens with one attached hydrogen (secondary N) is 1. The smallest absolute Gasteiger partial charge is 0.340 e. The molecule has 33 heavy (non-hydrogen) atoms. The molecule has 0 amide bonds.